The van der Waals surface area contributed by atoms with Crippen LogP contribution in [0.25, 0.3) is 0 Å². The average molecular weight is 641 g/mol. The van der Waals surface area contributed by atoms with Crippen LogP contribution < -0.4 is 15.5 Å². The van der Waals surface area contributed by atoms with E-state index >= 15 is 0 Å². The van der Waals surface area contributed by atoms with Crippen LogP contribution in [-0.2, 0) is 20.5 Å². The third kappa shape index (κ3) is 8.36. The molecular weight excluding hydrogens is 614 g/mol. The van der Waals surface area contributed by atoms with Crippen molar-refractivity contribution in [3.05, 3.63) is 45.1 Å². The van der Waals surface area contributed by atoms with Crippen LogP contribution in [0.3, 0.4) is 0 Å². The lowest BCUT2D eigenvalue weighted by Gasteiger charge is -2.37. The Morgan fingerprint density at radius 2 is 1.88 bits per heavy atom. The molecule has 1 saturated heterocycles. The normalized spacial score (nSPS) is 17.2. The van der Waals surface area contributed by atoms with Crippen LogP contribution in [-0.4, -0.2) is 74.2 Å². The average Bonchev–Trinajstić information content (AvgIpc) is 3.31. The summed E-state index contributed by atoms with van der Waals surface area (Å²) in [4.78, 5) is 40.2. The molecule has 1 aliphatic heterocycles. The van der Waals surface area contributed by atoms with Crippen molar-refractivity contribution in [1.29, 1.82) is 0 Å². The highest BCUT2D eigenvalue weighted by molar-refractivity contribution is 7.18. The number of benzene rings is 1. The number of ether oxygens (including phenoxy) is 1. The summed E-state index contributed by atoms with van der Waals surface area (Å²) >= 11 is 6.79. The number of amides is 3. The van der Waals surface area contributed by atoms with Gasteiger partial charge in [0.15, 0.2) is 0 Å². The monoisotopic (exact) mass is 640 g/mol. The molecule has 4 rings (SSSR count). The molecule has 2 N–H and O–H groups in total. The lowest BCUT2D eigenvalue weighted by atomic mass is 9.84. The van der Waals surface area contributed by atoms with Crippen LogP contribution in [0.5, 0.6) is 0 Å². The molecule has 2 heterocycles. The molecule has 0 radical (unpaired) electrons. The Labute approximate surface area is 245 Å². The number of nitrogens with one attached hydrogen (secondary N) is 2. The van der Waals surface area contributed by atoms with Crippen molar-refractivity contribution < 1.29 is 45.5 Å². The van der Waals surface area contributed by atoms with E-state index < -0.39 is 67.1 Å². The van der Waals surface area contributed by atoms with E-state index in [0.717, 1.165) is 39.7 Å². The highest BCUT2D eigenvalue weighted by atomic mass is 35.5. The van der Waals surface area contributed by atoms with Gasteiger partial charge in [0.05, 0.1) is 33.6 Å². The van der Waals surface area contributed by atoms with E-state index in [0.29, 0.717) is 23.2 Å². The predicted octanol–water partition coefficient (Wildman–Crippen LogP) is 5.19. The van der Waals surface area contributed by atoms with Gasteiger partial charge in [-0.3, -0.25) is 19.3 Å². The standard InChI is InChI=1S/C26H27ClF6N4O4S/c27-21-7-6-20(42-21)24(40)34-11-19(36(14-25(28,29)30)12-15-2-1-3-15)23(39)35-16-4-5-18(17(10-16)26(31,32)33)37-8-9-41-13-22(37)38/h4-7,10,15,19H,1-3,8-9,11-14H2,(H,34,40)(H,35,39)/t19-/m1/s1. The quantitative estimate of drug-likeness (QED) is 0.349. The molecule has 8 nitrogen and oxygen atoms in total. The van der Waals surface area contributed by atoms with Gasteiger partial charge in [-0.2, -0.15) is 26.3 Å². The van der Waals surface area contributed by atoms with Crippen molar-refractivity contribution in [3.63, 3.8) is 0 Å². The van der Waals surface area contributed by atoms with Crippen molar-refractivity contribution in [3.8, 4) is 0 Å². The number of thiophene rings is 1. The summed E-state index contributed by atoms with van der Waals surface area (Å²) in [6.45, 7) is -2.58. The number of nitrogens with zero attached hydrogens (tertiary/aromatic N) is 2. The van der Waals surface area contributed by atoms with E-state index in [1.54, 1.807) is 0 Å². The van der Waals surface area contributed by atoms with Crippen molar-refractivity contribution in [2.75, 3.05) is 49.6 Å². The number of hydrogen-bond donors (Lipinski definition) is 2. The molecule has 2 aliphatic rings. The number of alkyl halides is 6. The van der Waals surface area contributed by atoms with Crippen molar-refractivity contribution in [2.45, 2.75) is 37.7 Å². The van der Waals surface area contributed by atoms with Gasteiger partial charge >= 0.3 is 12.4 Å². The van der Waals surface area contributed by atoms with Crippen LogP contribution in [0.1, 0.15) is 34.5 Å². The molecule has 1 aliphatic carbocycles. The van der Waals surface area contributed by atoms with Gasteiger partial charge in [-0.15, -0.1) is 11.3 Å². The third-order valence-electron chi connectivity index (χ3n) is 6.94. The van der Waals surface area contributed by atoms with Crippen molar-refractivity contribution in [2.24, 2.45) is 5.92 Å². The van der Waals surface area contributed by atoms with Crippen LogP contribution in [0.4, 0.5) is 37.7 Å². The van der Waals surface area contributed by atoms with Gasteiger partial charge in [0.1, 0.15) is 12.6 Å². The highest BCUT2D eigenvalue weighted by Gasteiger charge is 2.40. The second-order valence-corrected chi connectivity index (χ2v) is 11.7. The van der Waals surface area contributed by atoms with Crippen molar-refractivity contribution >= 4 is 52.0 Å². The Bertz CT molecular complexity index is 1300. The van der Waals surface area contributed by atoms with E-state index in [9.17, 15) is 40.7 Å². The first kappa shape index (κ1) is 32.0. The maximum Gasteiger partial charge on any atom is 0.418 e. The second kappa shape index (κ2) is 13.2. The molecule has 0 unspecified atom stereocenters. The van der Waals surface area contributed by atoms with Crippen molar-refractivity contribution in [1.82, 2.24) is 10.2 Å². The van der Waals surface area contributed by atoms with Crippen LogP contribution in [0, 0.1) is 5.92 Å². The smallest absolute Gasteiger partial charge is 0.370 e. The number of halogens is 7. The topological polar surface area (TPSA) is 91.0 Å². The van der Waals surface area contributed by atoms with Gasteiger partial charge in [-0.05, 0) is 49.1 Å². The fraction of sp³-hybridized carbons (Fsp3) is 0.500. The molecule has 1 saturated carbocycles. The fourth-order valence-electron chi connectivity index (χ4n) is 4.71. The van der Waals surface area contributed by atoms with Gasteiger partial charge in [0.25, 0.3) is 11.8 Å². The molecule has 3 amide bonds. The number of carbonyl (C=O) groups excluding carboxylic acids is 3. The number of rotatable bonds is 10. The lowest BCUT2D eigenvalue weighted by Crippen LogP contribution is -2.55. The molecule has 0 bridgehead atoms. The number of hydrogen-bond acceptors (Lipinski definition) is 6. The molecule has 2 fully saturated rings. The van der Waals surface area contributed by atoms with Gasteiger partial charge in [0, 0.05) is 25.3 Å². The largest absolute Gasteiger partial charge is 0.418 e. The SMILES string of the molecule is O=C(NC[C@H](C(=O)Nc1ccc(N2CCOCC2=O)c(C(F)(F)F)c1)N(CC1CCC1)CC(F)(F)F)c1ccc(Cl)s1. The molecule has 2 aromatic rings. The molecular formula is C26H27ClF6N4O4S. The summed E-state index contributed by atoms with van der Waals surface area (Å²) < 4.78 is 88.1. The molecule has 1 aromatic carbocycles. The number of carbonyl (C=O) groups is 3. The minimum absolute atomic E-state index is 0.0304. The summed E-state index contributed by atoms with van der Waals surface area (Å²) in [7, 11) is 0. The van der Waals surface area contributed by atoms with E-state index in [2.05, 4.69) is 10.6 Å². The lowest BCUT2D eigenvalue weighted by molar-refractivity contribution is -0.156. The van der Waals surface area contributed by atoms with Crippen LogP contribution in [0.2, 0.25) is 4.34 Å². The Kier molecular flexibility index (Phi) is 10.1. The Hall–Kier alpha value is -2.88. The summed E-state index contributed by atoms with van der Waals surface area (Å²) in [5, 5.41) is 4.75. The maximum atomic E-state index is 14.0. The van der Waals surface area contributed by atoms with E-state index in [4.69, 9.17) is 16.3 Å². The molecule has 16 heteroatoms. The zero-order valence-corrected chi connectivity index (χ0v) is 23.6. The van der Waals surface area contributed by atoms with Crippen LogP contribution >= 0.6 is 22.9 Å². The maximum absolute atomic E-state index is 14.0. The van der Waals surface area contributed by atoms with Crippen LogP contribution in [0.15, 0.2) is 30.3 Å². The number of morpholine rings is 1. The first-order chi connectivity index (χ1) is 19.7. The first-order valence-electron chi connectivity index (χ1n) is 13.0. The first-order valence-corrected chi connectivity index (χ1v) is 14.2. The molecule has 230 valence electrons. The molecule has 1 aromatic heterocycles. The van der Waals surface area contributed by atoms with Gasteiger partial charge < -0.3 is 20.3 Å². The summed E-state index contributed by atoms with van der Waals surface area (Å²) in [6, 6.07) is 4.08. The molecule has 1 atom stereocenters. The van der Waals surface area contributed by atoms with Gasteiger partial charge in [-0.25, -0.2) is 0 Å². The third-order valence-corrected chi connectivity index (χ3v) is 8.17. The van der Waals surface area contributed by atoms with E-state index in [1.807, 2.05) is 0 Å². The summed E-state index contributed by atoms with van der Waals surface area (Å²) in [5.74, 6) is -2.48. The van der Waals surface area contributed by atoms with E-state index in [-0.39, 0.29) is 36.2 Å². The zero-order valence-electron chi connectivity index (χ0n) is 22.0. The van der Waals surface area contributed by atoms with E-state index in [1.165, 1.54) is 12.1 Å². The fourth-order valence-corrected chi connectivity index (χ4v) is 5.67. The Balaban J connectivity index is 1.61. The molecule has 42 heavy (non-hydrogen) atoms. The van der Waals surface area contributed by atoms with Gasteiger partial charge in [-0.1, -0.05) is 18.0 Å². The molecule has 0 spiro atoms. The predicted molar refractivity (Wildman–Crippen MR) is 144 cm³/mol. The number of anilines is 2. The summed E-state index contributed by atoms with van der Waals surface area (Å²) in [6.07, 6.45) is -7.45. The zero-order chi connectivity index (χ0) is 30.7. The minimum Gasteiger partial charge on any atom is -0.370 e. The van der Waals surface area contributed by atoms with Gasteiger partial charge in [0.2, 0.25) is 5.91 Å². The minimum atomic E-state index is -4.92. The highest BCUT2D eigenvalue weighted by Crippen LogP contribution is 2.39. The Morgan fingerprint density at radius 1 is 1.14 bits per heavy atom. The summed E-state index contributed by atoms with van der Waals surface area (Å²) in [5.41, 5.74) is -1.98. The second-order valence-electron chi connectivity index (χ2n) is 9.99. The Morgan fingerprint density at radius 3 is 2.45 bits per heavy atom.